The summed E-state index contributed by atoms with van der Waals surface area (Å²) in [6.45, 7) is 6.22. The molecule has 0 atom stereocenters. The molecule has 0 saturated carbocycles. The minimum absolute atomic E-state index is 0.321. The van der Waals surface area contributed by atoms with Crippen LogP contribution in [0.25, 0.3) is 0 Å². The van der Waals surface area contributed by atoms with Gasteiger partial charge in [0.2, 0.25) is 0 Å². The summed E-state index contributed by atoms with van der Waals surface area (Å²) >= 11 is 0. The molecule has 8 heteroatoms. The Morgan fingerprint density at radius 1 is 1.36 bits per heavy atom. The highest BCUT2D eigenvalue weighted by Gasteiger charge is 2.27. The average Bonchev–Trinajstić information content (AvgIpc) is 2.53. The minimum Gasteiger partial charge on any atom is -0.494 e. The second-order valence-electron chi connectivity index (χ2n) is 5.02. The molecule has 0 spiro atoms. The predicted molar refractivity (Wildman–Crippen MR) is 80.9 cm³/mol. The lowest BCUT2D eigenvalue weighted by Crippen LogP contribution is -2.46. The third-order valence-corrected chi connectivity index (χ3v) is 3.88. The molecule has 2 rings (SSSR count). The summed E-state index contributed by atoms with van der Waals surface area (Å²) in [7, 11) is 1.42. The predicted octanol–water partition coefficient (Wildman–Crippen LogP) is 1.44. The SMILES string of the molecule is CCN1CCN(c2cc(C(=O)O)c([N+](=O)[O-])cc2OC)CC1. The van der Waals surface area contributed by atoms with Crippen molar-refractivity contribution in [3.05, 3.63) is 27.8 Å². The van der Waals surface area contributed by atoms with Gasteiger partial charge in [-0.1, -0.05) is 6.92 Å². The summed E-state index contributed by atoms with van der Waals surface area (Å²) in [6, 6.07) is 2.52. The number of hydrogen-bond acceptors (Lipinski definition) is 6. The molecule has 0 unspecified atom stereocenters. The first-order chi connectivity index (χ1) is 10.5. The van der Waals surface area contributed by atoms with Crippen LogP contribution in [0.1, 0.15) is 17.3 Å². The summed E-state index contributed by atoms with van der Waals surface area (Å²) in [5.74, 6) is -0.996. The van der Waals surface area contributed by atoms with E-state index in [1.807, 2.05) is 4.90 Å². The van der Waals surface area contributed by atoms with E-state index in [9.17, 15) is 20.0 Å². The van der Waals surface area contributed by atoms with Crippen molar-refractivity contribution >= 4 is 17.3 Å². The number of carbonyl (C=O) groups is 1. The van der Waals surface area contributed by atoms with Gasteiger partial charge in [-0.25, -0.2) is 4.79 Å². The molecule has 0 aliphatic carbocycles. The van der Waals surface area contributed by atoms with Crippen LogP contribution in [0.5, 0.6) is 5.75 Å². The van der Waals surface area contributed by atoms with Gasteiger partial charge in [0.1, 0.15) is 11.3 Å². The van der Waals surface area contributed by atoms with E-state index < -0.39 is 16.6 Å². The number of aromatic carboxylic acids is 1. The quantitative estimate of drug-likeness (QED) is 0.649. The van der Waals surface area contributed by atoms with Gasteiger partial charge in [0.15, 0.2) is 0 Å². The van der Waals surface area contributed by atoms with Gasteiger partial charge in [-0.3, -0.25) is 10.1 Å². The number of piperazine rings is 1. The zero-order chi connectivity index (χ0) is 16.3. The molecule has 1 aliphatic heterocycles. The molecule has 22 heavy (non-hydrogen) atoms. The monoisotopic (exact) mass is 309 g/mol. The molecule has 1 N–H and O–H groups in total. The highest BCUT2D eigenvalue weighted by molar-refractivity contribution is 5.94. The smallest absolute Gasteiger partial charge is 0.342 e. The van der Waals surface area contributed by atoms with E-state index in [1.165, 1.54) is 19.2 Å². The van der Waals surface area contributed by atoms with E-state index in [-0.39, 0.29) is 5.56 Å². The summed E-state index contributed by atoms with van der Waals surface area (Å²) < 4.78 is 5.22. The van der Waals surface area contributed by atoms with Crippen LogP contribution < -0.4 is 9.64 Å². The zero-order valence-electron chi connectivity index (χ0n) is 12.6. The van der Waals surface area contributed by atoms with Crippen molar-refractivity contribution in [3.63, 3.8) is 0 Å². The number of nitro benzene ring substituents is 1. The number of rotatable bonds is 5. The van der Waals surface area contributed by atoms with Crippen LogP contribution in [0.2, 0.25) is 0 Å². The van der Waals surface area contributed by atoms with Crippen molar-refractivity contribution in [3.8, 4) is 5.75 Å². The Bertz CT molecular complexity index is 582. The molecule has 1 fully saturated rings. The Kier molecular flexibility index (Phi) is 4.81. The number of methoxy groups -OCH3 is 1. The number of carboxylic acids is 1. The third kappa shape index (κ3) is 3.11. The number of nitrogens with zero attached hydrogens (tertiary/aromatic N) is 3. The summed E-state index contributed by atoms with van der Waals surface area (Å²) in [6.07, 6.45) is 0. The fourth-order valence-corrected chi connectivity index (χ4v) is 2.60. The standard InChI is InChI=1S/C14H19N3O5/c1-3-15-4-6-16(7-5-15)12-8-10(14(18)19)11(17(20)21)9-13(12)22-2/h8-9H,3-7H2,1-2H3,(H,18,19). The second kappa shape index (κ2) is 6.61. The second-order valence-corrected chi connectivity index (χ2v) is 5.02. The maximum atomic E-state index is 11.3. The van der Waals surface area contributed by atoms with Crippen LogP contribution in [0.15, 0.2) is 12.1 Å². The lowest BCUT2D eigenvalue weighted by atomic mass is 10.1. The number of benzene rings is 1. The lowest BCUT2D eigenvalue weighted by molar-refractivity contribution is -0.385. The topological polar surface area (TPSA) is 96.2 Å². The molecule has 0 radical (unpaired) electrons. The first kappa shape index (κ1) is 16.0. The van der Waals surface area contributed by atoms with Crippen LogP contribution in [0.3, 0.4) is 0 Å². The summed E-state index contributed by atoms with van der Waals surface area (Å²) in [4.78, 5) is 25.9. The molecule has 1 heterocycles. The van der Waals surface area contributed by atoms with E-state index in [1.54, 1.807) is 0 Å². The van der Waals surface area contributed by atoms with Crippen LogP contribution >= 0.6 is 0 Å². The van der Waals surface area contributed by atoms with Crippen LogP contribution in [0.4, 0.5) is 11.4 Å². The maximum absolute atomic E-state index is 11.3. The van der Waals surface area contributed by atoms with E-state index >= 15 is 0 Å². The normalized spacial score (nSPS) is 15.6. The Hall–Kier alpha value is -2.35. The summed E-state index contributed by atoms with van der Waals surface area (Å²) in [5, 5.41) is 20.2. The molecule has 1 saturated heterocycles. The van der Waals surface area contributed by atoms with Crippen molar-refractivity contribution in [2.75, 3.05) is 44.7 Å². The highest BCUT2D eigenvalue weighted by Crippen LogP contribution is 2.35. The van der Waals surface area contributed by atoms with Gasteiger partial charge in [0.25, 0.3) is 5.69 Å². The van der Waals surface area contributed by atoms with Crippen molar-refractivity contribution in [1.29, 1.82) is 0 Å². The first-order valence-electron chi connectivity index (χ1n) is 7.05. The molecule has 0 amide bonds. The largest absolute Gasteiger partial charge is 0.494 e. The van der Waals surface area contributed by atoms with E-state index in [4.69, 9.17) is 4.74 Å². The Labute approximate surface area is 128 Å². The van der Waals surface area contributed by atoms with E-state index in [2.05, 4.69) is 11.8 Å². The molecule has 0 aromatic heterocycles. The number of anilines is 1. The Morgan fingerprint density at radius 3 is 2.45 bits per heavy atom. The molecular formula is C14H19N3O5. The van der Waals surface area contributed by atoms with Gasteiger partial charge >= 0.3 is 5.97 Å². The van der Waals surface area contributed by atoms with E-state index in [0.29, 0.717) is 11.4 Å². The van der Waals surface area contributed by atoms with Crippen molar-refractivity contribution in [2.24, 2.45) is 0 Å². The summed E-state index contributed by atoms with van der Waals surface area (Å²) in [5.41, 5.74) is -0.194. The molecule has 8 nitrogen and oxygen atoms in total. The van der Waals surface area contributed by atoms with Crippen LogP contribution in [-0.4, -0.2) is 60.7 Å². The Morgan fingerprint density at radius 2 is 2.00 bits per heavy atom. The van der Waals surface area contributed by atoms with Crippen LogP contribution in [0, 0.1) is 10.1 Å². The molecule has 1 aromatic carbocycles. The highest BCUT2D eigenvalue weighted by atomic mass is 16.6. The minimum atomic E-state index is -1.32. The van der Waals surface area contributed by atoms with Gasteiger partial charge in [-0.05, 0) is 12.6 Å². The molecule has 120 valence electrons. The first-order valence-corrected chi connectivity index (χ1v) is 7.05. The molecule has 0 bridgehead atoms. The van der Waals surface area contributed by atoms with Gasteiger partial charge in [0, 0.05) is 26.2 Å². The molecular weight excluding hydrogens is 290 g/mol. The van der Waals surface area contributed by atoms with Gasteiger partial charge in [-0.2, -0.15) is 0 Å². The Balaban J connectivity index is 2.40. The molecule has 1 aliphatic rings. The number of hydrogen-bond donors (Lipinski definition) is 1. The zero-order valence-corrected chi connectivity index (χ0v) is 12.6. The lowest BCUT2D eigenvalue weighted by Gasteiger charge is -2.36. The molecule has 1 aromatic rings. The number of nitro groups is 1. The van der Waals surface area contributed by atoms with Crippen molar-refractivity contribution in [2.45, 2.75) is 6.92 Å². The fourth-order valence-electron chi connectivity index (χ4n) is 2.60. The van der Waals surface area contributed by atoms with Crippen molar-refractivity contribution < 1.29 is 19.6 Å². The maximum Gasteiger partial charge on any atom is 0.342 e. The number of likely N-dealkylation sites (N-methyl/N-ethyl adjacent to an activating group) is 1. The number of carboxylic acid groups (broad SMARTS) is 1. The third-order valence-electron chi connectivity index (χ3n) is 3.88. The van der Waals surface area contributed by atoms with Gasteiger partial charge in [-0.15, -0.1) is 0 Å². The van der Waals surface area contributed by atoms with Crippen molar-refractivity contribution in [1.82, 2.24) is 4.90 Å². The van der Waals surface area contributed by atoms with Gasteiger partial charge in [0.05, 0.1) is 23.8 Å². The van der Waals surface area contributed by atoms with Crippen LogP contribution in [-0.2, 0) is 0 Å². The van der Waals surface area contributed by atoms with Gasteiger partial charge < -0.3 is 19.6 Å². The number of ether oxygens (including phenoxy) is 1. The average molecular weight is 309 g/mol. The fraction of sp³-hybridized carbons (Fsp3) is 0.500. The van der Waals surface area contributed by atoms with E-state index in [0.717, 1.165) is 32.7 Å².